The Morgan fingerprint density at radius 2 is 1.53 bits per heavy atom. The van der Waals surface area contributed by atoms with Gasteiger partial charge in [0, 0.05) is 11.3 Å². The van der Waals surface area contributed by atoms with Gasteiger partial charge < -0.3 is 4.74 Å². The lowest BCUT2D eigenvalue weighted by Gasteiger charge is -2.00. The van der Waals surface area contributed by atoms with E-state index in [4.69, 9.17) is 4.74 Å². The molecule has 0 spiro atoms. The van der Waals surface area contributed by atoms with Gasteiger partial charge in [0.15, 0.2) is 0 Å². The number of aromatic nitrogens is 2. The van der Waals surface area contributed by atoms with Crippen LogP contribution in [-0.2, 0) is 18.0 Å². The standard InChI is InChI=1S/C8H10N2O.2C2H6/c1-5-7-3-11-4-8(7)10-6(2)9-5;2*1-2/h3-4H2,1-2H3;2*1-2H3. The molecule has 1 aliphatic heterocycles. The first kappa shape index (κ1) is 14.0. The maximum atomic E-state index is 5.25. The summed E-state index contributed by atoms with van der Waals surface area (Å²) in [6, 6.07) is 0. The summed E-state index contributed by atoms with van der Waals surface area (Å²) in [6.45, 7) is 13.2. The highest BCUT2D eigenvalue weighted by molar-refractivity contribution is 5.26. The maximum Gasteiger partial charge on any atom is 0.125 e. The van der Waals surface area contributed by atoms with Gasteiger partial charge in [-0.2, -0.15) is 0 Å². The van der Waals surface area contributed by atoms with E-state index in [0.29, 0.717) is 13.2 Å². The van der Waals surface area contributed by atoms with Crippen LogP contribution in [0.1, 0.15) is 50.5 Å². The number of hydrogen-bond acceptors (Lipinski definition) is 3. The Kier molecular flexibility index (Phi) is 6.88. The molecule has 2 heterocycles. The van der Waals surface area contributed by atoms with E-state index >= 15 is 0 Å². The maximum absolute atomic E-state index is 5.25. The molecule has 0 N–H and O–H groups in total. The number of hydrogen-bond donors (Lipinski definition) is 0. The molecule has 1 aromatic heterocycles. The van der Waals surface area contributed by atoms with Crippen LogP contribution in [-0.4, -0.2) is 9.97 Å². The Labute approximate surface area is 92.9 Å². The third-order valence-electron chi connectivity index (χ3n) is 1.90. The van der Waals surface area contributed by atoms with Gasteiger partial charge in [-0.1, -0.05) is 27.7 Å². The quantitative estimate of drug-likeness (QED) is 0.659. The first-order chi connectivity index (χ1) is 7.27. The molecule has 0 aliphatic carbocycles. The van der Waals surface area contributed by atoms with Gasteiger partial charge in [-0.3, -0.25) is 0 Å². The van der Waals surface area contributed by atoms with Crippen LogP contribution >= 0.6 is 0 Å². The van der Waals surface area contributed by atoms with Crippen molar-refractivity contribution in [1.29, 1.82) is 0 Å². The number of fused-ring (bicyclic) bond motifs is 1. The number of rotatable bonds is 0. The summed E-state index contributed by atoms with van der Waals surface area (Å²) in [6.07, 6.45) is 0. The first-order valence-electron chi connectivity index (χ1n) is 5.68. The minimum absolute atomic E-state index is 0.652. The van der Waals surface area contributed by atoms with Crippen molar-refractivity contribution < 1.29 is 4.74 Å². The van der Waals surface area contributed by atoms with Gasteiger partial charge in [-0.15, -0.1) is 0 Å². The number of ether oxygens (including phenoxy) is 1. The Morgan fingerprint density at radius 3 is 2.13 bits per heavy atom. The van der Waals surface area contributed by atoms with E-state index in [-0.39, 0.29) is 0 Å². The summed E-state index contributed by atoms with van der Waals surface area (Å²) in [5.41, 5.74) is 3.30. The molecule has 0 saturated carbocycles. The molecular formula is C12H22N2O. The first-order valence-corrected chi connectivity index (χ1v) is 5.68. The average Bonchev–Trinajstić information content (AvgIpc) is 2.72. The molecule has 0 unspecified atom stereocenters. The van der Waals surface area contributed by atoms with Crippen LogP contribution in [0.2, 0.25) is 0 Å². The fourth-order valence-electron chi connectivity index (χ4n) is 1.36. The third-order valence-corrected chi connectivity index (χ3v) is 1.90. The minimum Gasteiger partial charge on any atom is -0.370 e. The van der Waals surface area contributed by atoms with E-state index in [1.54, 1.807) is 0 Å². The van der Waals surface area contributed by atoms with E-state index in [1.165, 1.54) is 5.56 Å². The molecule has 0 saturated heterocycles. The summed E-state index contributed by atoms with van der Waals surface area (Å²) in [4.78, 5) is 8.53. The van der Waals surface area contributed by atoms with Gasteiger partial charge in [-0.25, -0.2) is 9.97 Å². The van der Waals surface area contributed by atoms with Crippen LogP contribution in [0, 0.1) is 13.8 Å². The molecular weight excluding hydrogens is 188 g/mol. The Morgan fingerprint density at radius 1 is 0.933 bits per heavy atom. The Balaban J connectivity index is 0.000000442. The van der Waals surface area contributed by atoms with Crippen LogP contribution in [0.4, 0.5) is 0 Å². The third kappa shape index (κ3) is 3.59. The van der Waals surface area contributed by atoms with E-state index in [1.807, 2.05) is 41.5 Å². The highest BCUT2D eigenvalue weighted by Crippen LogP contribution is 2.19. The lowest BCUT2D eigenvalue weighted by atomic mass is 10.2. The molecule has 3 heteroatoms. The SMILES string of the molecule is CC.CC.Cc1nc(C)c2c(n1)COC2. The molecule has 0 aromatic carbocycles. The molecule has 15 heavy (non-hydrogen) atoms. The summed E-state index contributed by atoms with van der Waals surface area (Å²) in [5, 5.41) is 0. The molecule has 1 aromatic rings. The van der Waals surface area contributed by atoms with E-state index in [2.05, 4.69) is 9.97 Å². The summed E-state index contributed by atoms with van der Waals surface area (Å²) in [7, 11) is 0. The molecule has 0 bridgehead atoms. The van der Waals surface area contributed by atoms with E-state index in [0.717, 1.165) is 17.2 Å². The zero-order valence-corrected chi connectivity index (χ0v) is 10.7. The van der Waals surface area contributed by atoms with Gasteiger partial charge >= 0.3 is 0 Å². The molecule has 86 valence electrons. The van der Waals surface area contributed by atoms with Crippen LogP contribution in [0.3, 0.4) is 0 Å². The van der Waals surface area contributed by atoms with Crippen molar-refractivity contribution in [2.45, 2.75) is 54.8 Å². The predicted octanol–water partition coefficient (Wildman–Crippen LogP) is 3.18. The van der Waals surface area contributed by atoms with Crippen LogP contribution in [0.15, 0.2) is 0 Å². The zero-order chi connectivity index (χ0) is 11.8. The van der Waals surface area contributed by atoms with Crippen LogP contribution in [0.5, 0.6) is 0 Å². The second-order valence-electron chi connectivity index (χ2n) is 2.77. The van der Waals surface area contributed by atoms with E-state index < -0.39 is 0 Å². The van der Waals surface area contributed by atoms with Crippen molar-refractivity contribution in [2.75, 3.05) is 0 Å². The predicted molar refractivity (Wildman–Crippen MR) is 62.7 cm³/mol. The van der Waals surface area contributed by atoms with Crippen LogP contribution < -0.4 is 0 Å². The van der Waals surface area contributed by atoms with Crippen LogP contribution in [0.25, 0.3) is 0 Å². The van der Waals surface area contributed by atoms with Gasteiger partial charge in [0.2, 0.25) is 0 Å². The Hall–Kier alpha value is -0.960. The van der Waals surface area contributed by atoms with Gasteiger partial charge in [-0.05, 0) is 13.8 Å². The number of aryl methyl sites for hydroxylation is 2. The monoisotopic (exact) mass is 210 g/mol. The van der Waals surface area contributed by atoms with Crippen molar-refractivity contribution in [3.63, 3.8) is 0 Å². The molecule has 2 rings (SSSR count). The van der Waals surface area contributed by atoms with Crippen molar-refractivity contribution in [2.24, 2.45) is 0 Å². The molecule has 0 fully saturated rings. The smallest absolute Gasteiger partial charge is 0.125 e. The Bertz CT molecular complexity index is 298. The van der Waals surface area contributed by atoms with E-state index in [9.17, 15) is 0 Å². The average molecular weight is 210 g/mol. The second-order valence-corrected chi connectivity index (χ2v) is 2.77. The molecule has 0 amide bonds. The summed E-state index contributed by atoms with van der Waals surface area (Å²) < 4.78 is 5.25. The highest BCUT2D eigenvalue weighted by atomic mass is 16.5. The topological polar surface area (TPSA) is 35.0 Å². The van der Waals surface area contributed by atoms with Crippen molar-refractivity contribution in [3.05, 3.63) is 22.8 Å². The van der Waals surface area contributed by atoms with Gasteiger partial charge in [0.05, 0.1) is 18.9 Å². The zero-order valence-electron chi connectivity index (χ0n) is 10.7. The fourth-order valence-corrected chi connectivity index (χ4v) is 1.36. The summed E-state index contributed by atoms with van der Waals surface area (Å²) in [5.74, 6) is 0.840. The van der Waals surface area contributed by atoms with Crippen molar-refractivity contribution in [3.8, 4) is 0 Å². The largest absolute Gasteiger partial charge is 0.370 e. The lowest BCUT2D eigenvalue weighted by molar-refractivity contribution is 0.133. The van der Waals surface area contributed by atoms with Crippen molar-refractivity contribution >= 4 is 0 Å². The minimum atomic E-state index is 0.652. The molecule has 0 atom stereocenters. The normalized spacial score (nSPS) is 11.9. The van der Waals surface area contributed by atoms with Crippen molar-refractivity contribution in [1.82, 2.24) is 9.97 Å². The summed E-state index contributed by atoms with van der Waals surface area (Å²) >= 11 is 0. The number of nitrogens with zero attached hydrogens (tertiary/aromatic N) is 2. The molecule has 3 nitrogen and oxygen atoms in total. The second kappa shape index (κ2) is 7.35. The van der Waals surface area contributed by atoms with Gasteiger partial charge in [0.1, 0.15) is 5.82 Å². The fraction of sp³-hybridized carbons (Fsp3) is 0.667. The highest BCUT2D eigenvalue weighted by Gasteiger charge is 2.15. The molecule has 0 radical (unpaired) electrons. The molecule has 1 aliphatic rings. The lowest BCUT2D eigenvalue weighted by Crippen LogP contribution is -1.98. The van der Waals surface area contributed by atoms with Gasteiger partial charge in [0.25, 0.3) is 0 Å².